The third-order valence-corrected chi connectivity index (χ3v) is 6.38. The molecule has 0 saturated heterocycles. The Hall–Kier alpha value is -3.16. The van der Waals surface area contributed by atoms with Crippen LogP contribution in [-0.2, 0) is 13.1 Å². The van der Waals surface area contributed by atoms with Crippen LogP contribution in [0.2, 0.25) is 0 Å². The van der Waals surface area contributed by atoms with Crippen molar-refractivity contribution in [1.29, 1.82) is 0 Å². The van der Waals surface area contributed by atoms with Crippen molar-refractivity contribution in [3.63, 3.8) is 0 Å². The second kappa shape index (κ2) is 7.93. The standard InChI is InChI=1S/C23H21N3O3S/c1-28-17-8-6-15(7-9-17)20-12-18-22(30-20)23(27)25-21(24-18)14-26-10-11-29-19-5-3-2-4-16(19)13-26/h2-9,12H,10-11,13-14H2,1H3,(H,24,25,27). The van der Waals surface area contributed by atoms with Crippen LogP contribution >= 0.6 is 11.3 Å². The maximum atomic E-state index is 12.7. The molecule has 0 spiro atoms. The van der Waals surface area contributed by atoms with Gasteiger partial charge in [0.05, 0.1) is 19.2 Å². The minimum absolute atomic E-state index is 0.0915. The van der Waals surface area contributed by atoms with Crippen LogP contribution in [0, 0.1) is 0 Å². The number of fused-ring (bicyclic) bond motifs is 2. The molecule has 30 heavy (non-hydrogen) atoms. The summed E-state index contributed by atoms with van der Waals surface area (Å²) in [5.41, 5.74) is 2.83. The van der Waals surface area contributed by atoms with Gasteiger partial charge in [-0.05, 0) is 42.0 Å². The molecule has 0 amide bonds. The fourth-order valence-electron chi connectivity index (χ4n) is 3.69. The van der Waals surface area contributed by atoms with Crippen LogP contribution in [-0.4, -0.2) is 35.1 Å². The van der Waals surface area contributed by atoms with Gasteiger partial charge in [0, 0.05) is 23.5 Å². The summed E-state index contributed by atoms with van der Waals surface area (Å²) in [6.07, 6.45) is 0. The Bertz CT molecular complexity index is 1250. The van der Waals surface area contributed by atoms with Gasteiger partial charge in [0.2, 0.25) is 0 Å². The van der Waals surface area contributed by atoms with Crippen LogP contribution in [0.15, 0.2) is 59.4 Å². The molecule has 2 aromatic carbocycles. The quantitative estimate of drug-likeness (QED) is 0.540. The monoisotopic (exact) mass is 419 g/mol. The first-order valence-corrected chi connectivity index (χ1v) is 10.6. The van der Waals surface area contributed by atoms with E-state index >= 15 is 0 Å². The molecule has 1 N–H and O–H groups in total. The summed E-state index contributed by atoms with van der Waals surface area (Å²) in [6.45, 7) is 2.72. The normalized spacial score (nSPS) is 14.2. The van der Waals surface area contributed by atoms with Gasteiger partial charge in [-0.1, -0.05) is 18.2 Å². The van der Waals surface area contributed by atoms with Crippen molar-refractivity contribution in [2.45, 2.75) is 13.1 Å². The number of ether oxygens (including phenoxy) is 2. The number of hydrogen-bond acceptors (Lipinski definition) is 6. The molecule has 2 aromatic heterocycles. The Morgan fingerprint density at radius 1 is 1.20 bits per heavy atom. The predicted molar refractivity (Wildman–Crippen MR) is 118 cm³/mol. The van der Waals surface area contributed by atoms with Gasteiger partial charge in [-0.15, -0.1) is 11.3 Å². The first kappa shape index (κ1) is 18.8. The third kappa shape index (κ3) is 3.69. The zero-order chi connectivity index (χ0) is 20.5. The van der Waals surface area contributed by atoms with Crippen LogP contribution in [0.1, 0.15) is 11.4 Å². The summed E-state index contributed by atoms with van der Waals surface area (Å²) < 4.78 is 11.7. The van der Waals surface area contributed by atoms with Gasteiger partial charge in [0.1, 0.15) is 28.6 Å². The summed E-state index contributed by atoms with van der Waals surface area (Å²) in [5.74, 6) is 2.41. The van der Waals surface area contributed by atoms with E-state index in [-0.39, 0.29) is 5.56 Å². The van der Waals surface area contributed by atoms with Crippen molar-refractivity contribution in [3.8, 4) is 21.9 Å². The minimum atomic E-state index is -0.0915. The van der Waals surface area contributed by atoms with Crippen LogP contribution < -0.4 is 15.0 Å². The molecule has 4 aromatic rings. The maximum absolute atomic E-state index is 12.7. The van der Waals surface area contributed by atoms with Crippen LogP contribution in [0.3, 0.4) is 0 Å². The highest BCUT2D eigenvalue weighted by Crippen LogP contribution is 2.32. The molecule has 0 aliphatic carbocycles. The number of nitrogens with zero attached hydrogens (tertiary/aromatic N) is 2. The number of rotatable bonds is 4. The van der Waals surface area contributed by atoms with Crippen LogP contribution in [0.5, 0.6) is 11.5 Å². The smallest absolute Gasteiger partial charge is 0.268 e. The molecular formula is C23H21N3O3S. The lowest BCUT2D eigenvalue weighted by Crippen LogP contribution is -2.27. The molecule has 1 aliphatic heterocycles. The van der Waals surface area contributed by atoms with E-state index in [4.69, 9.17) is 14.5 Å². The molecule has 0 bridgehead atoms. The number of nitrogens with one attached hydrogen (secondary N) is 1. The van der Waals surface area contributed by atoms with E-state index in [1.165, 1.54) is 11.3 Å². The molecule has 5 rings (SSSR count). The van der Waals surface area contributed by atoms with E-state index < -0.39 is 0 Å². The van der Waals surface area contributed by atoms with Gasteiger partial charge in [-0.25, -0.2) is 4.98 Å². The number of thiophene rings is 1. The Morgan fingerprint density at radius 2 is 2.03 bits per heavy atom. The van der Waals surface area contributed by atoms with Gasteiger partial charge in [0.15, 0.2) is 0 Å². The zero-order valence-electron chi connectivity index (χ0n) is 16.6. The highest BCUT2D eigenvalue weighted by molar-refractivity contribution is 7.22. The first-order valence-electron chi connectivity index (χ1n) is 9.80. The number of hydrogen-bond donors (Lipinski definition) is 1. The van der Waals surface area contributed by atoms with Crippen molar-refractivity contribution in [1.82, 2.24) is 14.9 Å². The number of H-pyrrole nitrogens is 1. The Labute approximate surface area is 177 Å². The zero-order valence-corrected chi connectivity index (χ0v) is 17.4. The Kier molecular flexibility index (Phi) is 4.98. The summed E-state index contributed by atoms with van der Waals surface area (Å²) in [6, 6.07) is 17.9. The molecule has 7 heteroatoms. The van der Waals surface area contributed by atoms with Gasteiger partial charge < -0.3 is 14.5 Å². The average molecular weight is 420 g/mol. The largest absolute Gasteiger partial charge is 0.497 e. The average Bonchev–Trinajstić information content (AvgIpc) is 3.09. The van der Waals surface area contributed by atoms with Gasteiger partial charge in [-0.3, -0.25) is 9.69 Å². The summed E-state index contributed by atoms with van der Waals surface area (Å²) in [4.78, 5) is 23.7. The molecule has 0 radical (unpaired) electrons. The highest BCUT2D eigenvalue weighted by atomic mass is 32.1. The molecular weight excluding hydrogens is 398 g/mol. The molecule has 1 aliphatic rings. The lowest BCUT2D eigenvalue weighted by Gasteiger charge is -2.18. The topological polar surface area (TPSA) is 67.5 Å². The van der Waals surface area contributed by atoms with E-state index in [2.05, 4.69) is 16.0 Å². The summed E-state index contributed by atoms with van der Waals surface area (Å²) >= 11 is 1.46. The molecule has 152 valence electrons. The second-order valence-electron chi connectivity index (χ2n) is 7.23. The van der Waals surface area contributed by atoms with Crippen molar-refractivity contribution in [3.05, 3.63) is 76.3 Å². The van der Waals surface area contributed by atoms with E-state index in [9.17, 15) is 4.79 Å². The molecule has 0 saturated carbocycles. The number of para-hydroxylation sites is 1. The number of benzene rings is 2. The van der Waals surface area contributed by atoms with Gasteiger partial charge in [0.25, 0.3) is 5.56 Å². The Morgan fingerprint density at radius 3 is 2.87 bits per heavy atom. The van der Waals surface area contributed by atoms with Gasteiger partial charge >= 0.3 is 0 Å². The fourth-order valence-corrected chi connectivity index (χ4v) is 4.68. The molecule has 6 nitrogen and oxygen atoms in total. The predicted octanol–water partition coefficient (Wildman–Crippen LogP) is 4.05. The van der Waals surface area contributed by atoms with Crippen molar-refractivity contribution < 1.29 is 9.47 Å². The van der Waals surface area contributed by atoms with Crippen molar-refractivity contribution >= 4 is 21.6 Å². The number of methoxy groups -OCH3 is 1. The van der Waals surface area contributed by atoms with Gasteiger partial charge in [-0.2, -0.15) is 0 Å². The van der Waals surface area contributed by atoms with Crippen LogP contribution in [0.4, 0.5) is 0 Å². The third-order valence-electron chi connectivity index (χ3n) is 5.21. The first-order chi connectivity index (χ1) is 14.7. The Balaban J connectivity index is 1.42. The maximum Gasteiger partial charge on any atom is 0.268 e. The molecule has 0 unspecified atom stereocenters. The SMILES string of the molecule is COc1ccc(-c2cc3nc(CN4CCOc5ccccc5C4)[nH]c(=O)c3s2)cc1. The van der Waals surface area contributed by atoms with Crippen molar-refractivity contribution in [2.75, 3.05) is 20.3 Å². The van der Waals surface area contributed by atoms with E-state index in [1.807, 2.05) is 48.5 Å². The number of aromatic amines is 1. The van der Waals surface area contributed by atoms with Crippen molar-refractivity contribution in [2.24, 2.45) is 0 Å². The summed E-state index contributed by atoms with van der Waals surface area (Å²) in [5, 5.41) is 0. The van der Waals surface area contributed by atoms with E-state index in [1.54, 1.807) is 7.11 Å². The number of aromatic nitrogens is 2. The summed E-state index contributed by atoms with van der Waals surface area (Å²) in [7, 11) is 1.65. The minimum Gasteiger partial charge on any atom is -0.497 e. The molecule has 3 heterocycles. The van der Waals surface area contributed by atoms with E-state index in [0.717, 1.165) is 46.1 Å². The highest BCUT2D eigenvalue weighted by Gasteiger charge is 2.17. The molecule has 0 atom stereocenters. The van der Waals surface area contributed by atoms with Crippen LogP contribution in [0.25, 0.3) is 20.7 Å². The lowest BCUT2D eigenvalue weighted by molar-refractivity contribution is 0.215. The second-order valence-corrected chi connectivity index (χ2v) is 8.29. The lowest BCUT2D eigenvalue weighted by atomic mass is 10.2. The van der Waals surface area contributed by atoms with E-state index in [0.29, 0.717) is 23.7 Å². The fraction of sp³-hybridized carbons (Fsp3) is 0.217. The molecule has 0 fully saturated rings.